The van der Waals surface area contributed by atoms with Crippen molar-refractivity contribution in [1.82, 2.24) is 10.2 Å². The molecule has 4 N–H and O–H groups in total. The van der Waals surface area contributed by atoms with Crippen LogP contribution >= 0.6 is 0 Å². The Bertz CT molecular complexity index is 1310. The van der Waals surface area contributed by atoms with Gasteiger partial charge in [-0.3, -0.25) is 9.59 Å². The summed E-state index contributed by atoms with van der Waals surface area (Å²) in [6.45, 7) is 5.94. The molecule has 7 heteroatoms. The van der Waals surface area contributed by atoms with E-state index in [1.54, 1.807) is 12.1 Å². The molecule has 1 aliphatic heterocycles. The van der Waals surface area contributed by atoms with E-state index in [2.05, 4.69) is 48.7 Å². The highest BCUT2D eigenvalue weighted by atomic mass is 16.3. The van der Waals surface area contributed by atoms with Gasteiger partial charge in [0.15, 0.2) is 0 Å². The second-order valence-electron chi connectivity index (χ2n) is 11.2. The zero-order valence-electron chi connectivity index (χ0n) is 21.9. The molecule has 3 aromatic rings. The SMILES string of the molecule is CC(C)(Cc1cccc(C(=O)N2CC3CC(C2)c2ccccc23)c1)NCC(O)c1ccc(O)c(NC=O)c1. The minimum atomic E-state index is -0.825. The van der Waals surface area contributed by atoms with Gasteiger partial charge in [0.05, 0.1) is 11.8 Å². The van der Waals surface area contributed by atoms with Gasteiger partial charge < -0.3 is 25.7 Å². The van der Waals surface area contributed by atoms with E-state index in [1.165, 1.54) is 17.2 Å². The number of nitrogens with zero attached hydrogens (tertiary/aromatic N) is 1. The molecule has 3 aromatic carbocycles. The van der Waals surface area contributed by atoms with Crippen LogP contribution in [0.3, 0.4) is 0 Å². The summed E-state index contributed by atoms with van der Waals surface area (Å²) in [5.41, 5.74) is 5.05. The number of benzene rings is 3. The van der Waals surface area contributed by atoms with Gasteiger partial charge in [-0.15, -0.1) is 0 Å². The van der Waals surface area contributed by atoms with Gasteiger partial charge in [-0.1, -0.05) is 42.5 Å². The number of aliphatic hydroxyl groups is 1. The number of rotatable bonds is 9. The minimum absolute atomic E-state index is 0.0579. The molecule has 5 rings (SSSR count). The summed E-state index contributed by atoms with van der Waals surface area (Å²) in [4.78, 5) is 26.3. The molecule has 2 bridgehead atoms. The molecule has 0 spiro atoms. The summed E-state index contributed by atoms with van der Waals surface area (Å²) in [7, 11) is 0. The highest BCUT2D eigenvalue weighted by molar-refractivity contribution is 5.94. The van der Waals surface area contributed by atoms with Crippen LogP contribution in [-0.4, -0.2) is 52.6 Å². The van der Waals surface area contributed by atoms with Crippen LogP contribution in [0.5, 0.6) is 5.75 Å². The number of hydrogen-bond donors (Lipinski definition) is 4. The maximum atomic E-state index is 13.5. The summed E-state index contributed by atoms with van der Waals surface area (Å²) in [5.74, 6) is 0.871. The molecule has 7 nitrogen and oxygen atoms in total. The van der Waals surface area contributed by atoms with Crippen LogP contribution in [-0.2, 0) is 11.2 Å². The molecule has 38 heavy (non-hydrogen) atoms. The summed E-state index contributed by atoms with van der Waals surface area (Å²) >= 11 is 0. The number of anilines is 1. The van der Waals surface area contributed by atoms with Crippen molar-refractivity contribution >= 4 is 18.0 Å². The number of likely N-dealkylation sites (tertiary alicyclic amines) is 1. The minimum Gasteiger partial charge on any atom is -0.506 e. The number of hydrogen-bond acceptors (Lipinski definition) is 5. The van der Waals surface area contributed by atoms with Crippen LogP contribution in [0.25, 0.3) is 0 Å². The molecular weight excluding hydrogens is 478 g/mol. The Morgan fingerprint density at radius 2 is 1.76 bits per heavy atom. The summed E-state index contributed by atoms with van der Waals surface area (Å²) in [6, 6.07) is 21.1. The Kier molecular flexibility index (Phi) is 7.23. The first-order valence-corrected chi connectivity index (χ1v) is 13.2. The first kappa shape index (κ1) is 25.9. The molecule has 0 aromatic heterocycles. The molecule has 198 valence electrons. The van der Waals surface area contributed by atoms with Crippen molar-refractivity contribution in [3.63, 3.8) is 0 Å². The first-order valence-electron chi connectivity index (χ1n) is 13.2. The van der Waals surface area contributed by atoms with Crippen molar-refractivity contribution in [2.75, 3.05) is 25.0 Å². The predicted octanol–water partition coefficient (Wildman–Crippen LogP) is 4.33. The van der Waals surface area contributed by atoms with Gasteiger partial charge in [0.1, 0.15) is 5.75 Å². The van der Waals surface area contributed by atoms with Crippen LogP contribution in [0.15, 0.2) is 66.7 Å². The fraction of sp³-hybridized carbons (Fsp3) is 0.355. The van der Waals surface area contributed by atoms with Crippen molar-refractivity contribution in [3.8, 4) is 5.75 Å². The average molecular weight is 514 g/mol. The number of β-amino-alcohol motifs (C(OH)–C–C–N with tert-alkyl or cyclic N) is 1. The number of fused-ring (bicyclic) bond motifs is 5. The average Bonchev–Trinajstić information content (AvgIpc) is 3.17. The zero-order chi connectivity index (χ0) is 26.9. The topological polar surface area (TPSA) is 102 Å². The van der Waals surface area contributed by atoms with Crippen molar-refractivity contribution in [2.45, 2.75) is 50.2 Å². The third kappa shape index (κ3) is 5.44. The van der Waals surface area contributed by atoms with E-state index < -0.39 is 6.10 Å². The normalized spacial score (nSPS) is 19.1. The number of amides is 2. The Morgan fingerprint density at radius 1 is 1.05 bits per heavy atom. The zero-order valence-corrected chi connectivity index (χ0v) is 21.9. The molecule has 3 unspecified atom stereocenters. The fourth-order valence-corrected chi connectivity index (χ4v) is 5.97. The molecule has 1 aliphatic carbocycles. The van der Waals surface area contributed by atoms with E-state index in [1.807, 2.05) is 29.2 Å². The van der Waals surface area contributed by atoms with Crippen LogP contribution in [0, 0.1) is 0 Å². The molecule has 0 radical (unpaired) electrons. The largest absolute Gasteiger partial charge is 0.506 e. The molecule has 1 fully saturated rings. The van der Waals surface area contributed by atoms with E-state index in [9.17, 15) is 19.8 Å². The summed E-state index contributed by atoms with van der Waals surface area (Å²) in [5, 5.41) is 26.4. The Labute approximate surface area is 223 Å². The smallest absolute Gasteiger partial charge is 0.253 e. The van der Waals surface area contributed by atoms with E-state index in [0.717, 1.165) is 25.1 Å². The Hall–Kier alpha value is -3.68. The Morgan fingerprint density at radius 3 is 2.45 bits per heavy atom. The first-order chi connectivity index (χ1) is 18.2. The van der Waals surface area contributed by atoms with Crippen LogP contribution in [0.1, 0.15) is 70.8 Å². The maximum Gasteiger partial charge on any atom is 0.253 e. The highest BCUT2D eigenvalue weighted by Gasteiger charge is 2.39. The molecular formula is C31H35N3O4. The van der Waals surface area contributed by atoms with Crippen LogP contribution < -0.4 is 10.6 Å². The molecule has 1 heterocycles. The summed E-state index contributed by atoms with van der Waals surface area (Å²) < 4.78 is 0. The lowest BCUT2D eigenvalue weighted by Crippen LogP contribution is -2.43. The lowest BCUT2D eigenvalue weighted by Gasteiger charge is -2.32. The van der Waals surface area contributed by atoms with Gasteiger partial charge in [0.25, 0.3) is 5.91 Å². The van der Waals surface area contributed by atoms with E-state index >= 15 is 0 Å². The van der Waals surface area contributed by atoms with Gasteiger partial charge in [0, 0.05) is 42.6 Å². The molecule has 2 aliphatic rings. The van der Waals surface area contributed by atoms with Crippen molar-refractivity contribution < 1.29 is 19.8 Å². The van der Waals surface area contributed by atoms with Gasteiger partial charge >= 0.3 is 0 Å². The number of phenols is 1. The van der Waals surface area contributed by atoms with Crippen LogP contribution in [0.4, 0.5) is 5.69 Å². The number of carbonyl (C=O) groups excluding carboxylic acids is 2. The number of nitrogens with one attached hydrogen (secondary N) is 2. The second kappa shape index (κ2) is 10.6. The Balaban J connectivity index is 1.21. The lowest BCUT2D eigenvalue weighted by molar-refractivity contribution is -0.105. The monoisotopic (exact) mass is 513 g/mol. The van der Waals surface area contributed by atoms with Crippen molar-refractivity contribution in [3.05, 3.63) is 94.5 Å². The third-order valence-electron chi connectivity index (χ3n) is 7.83. The number of aliphatic hydroxyl groups excluding tert-OH is 1. The number of aromatic hydroxyl groups is 1. The number of piperidine rings is 1. The summed E-state index contributed by atoms with van der Waals surface area (Å²) in [6.07, 6.45) is 1.47. The van der Waals surface area contributed by atoms with E-state index in [4.69, 9.17) is 0 Å². The van der Waals surface area contributed by atoms with Gasteiger partial charge in [-0.05, 0) is 73.2 Å². The standard InChI is InChI=1S/C31H35N3O4/c1-31(2,33-16-29(37)21-10-11-28(36)27(14-21)32-19-35)15-20-6-5-7-22(12-20)30(38)34-17-23-13-24(18-34)26-9-4-3-8-25(23)26/h3-12,14,19,23-24,29,33,36-37H,13,15-18H2,1-2H3,(H,32,35). The van der Waals surface area contributed by atoms with Gasteiger partial charge in [-0.2, -0.15) is 0 Å². The lowest BCUT2D eigenvalue weighted by atomic mass is 9.92. The van der Waals surface area contributed by atoms with Gasteiger partial charge in [0.2, 0.25) is 6.41 Å². The highest BCUT2D eigenvalue weighted by Crippen LogP contribution is 2.46. The van der Waals surface area contributed by atoms with Crippen molar-refractivity contribution in [2.24, 2.45) is 0 Å². The van der Waals surface area contributed by atoms with Crippen LogP contribution in [0.2, 0.25) is 0 Å². The second-order valence-corrected chi connectivity index (χ2v) is 11.2. The molecule has 0 saturated carbocycles. The predicted molar refractivity (Wildman–Crippen MR) is 147 cm³/mol. The number of carbonyl (C=O) groups is 2. The quantitative estimate of drug-likeness (QED) is 0.252. The number of phenolic OH excluding ortho intramolecular Hbond substituents is 1. The van der Waals surface area contributed by atoms with E-state index in [-0.39, 0.29) is 29.4 Å². The van der Waals surface area contributed by atoms with Crippen molar-refractivity contribution in [1.29, 1.82) is 0 Å². The third-order valence-corrected chi connectivity index (χ3v) is 7.83. The van der Waals surface area contributed by atoms with E-state index in [0.29, 0.717) is 35.8 Å². The molecule has 2 amide bonds. The van der Waals surface area contributed by atoms with Gasteiger partial charge in [-0.25, -0.2) is 0 Å². The maximum absolute atomic E-state index is 13.5. The fourth-order valence-electron chi connectivity index (χ4n) is 5.97. The molecule has 3 atom stereocenters. The molecule has 1 saturated heterocycles.